The van der Waals surface area contributed by atoms with Gasteiger partial charge in [0.05, 0.1) is 19.3 Å². The van der Waals surface area contributed by atoms with Crippen molar-refractivity contribution >= 4 is 17.4 Å². The summed E-state index contributed by atoms with van der Waals surface area (Å²) in [5.41, 5.74) is 1.86. The van der Waals surface area contributed by atoms with Gasteiger partial charge in [0.1, 0.15) is 11.6 Å². The predicted octanol–water partition coefficient (Wildman–Crippen LogP) is 3.22. The number of rotatable bonds is 5. The Kier molecular flexibility index (Phi) is 4.77. The van der Waals surface area contributed by atoms with Gasteiger partial charge < -0.3 is 15.4 Å². The van der Waals surface area contributed by atoms with E-state index in [2.05, 4.69) is 15.6 Å². The van der Waals surface area contributed by atoms with Crippen molar-refractivity contribution in [3.63, 3.8) is 0 Å². The van der Waals surface area contributed by atoms with Gasteiger partial charge in [-0.25, -0.2) is 4.98 Å². The lowest BCUT2D eigenvalue weighted by Gasteiger charge is -2.16. The Morgan fingerprint density at radius 3 is 2.71 bits per heavy atom. The molecule has 0 bridgehead atoms. The lowest BCUT2D eigenvalue weighted by molar-refractivity contribution is -0.114. The van der Waals surface area contributed by atoms with E-state index < -0.39 is 0 Å². The van der Waals surface area contributed by atoms with Crippen molar-refractivity contribution in [1.29, 1.82) is 0 Å². The van der Waals surface area contributed by atoms with Crippen LogP contribution in [-0.4, -0.2) is 18.0 Å². The third-order valence-corrected chi connectivity index (χ3v) is 3.04. The zero-order valence-corrected chi connectivity index (χ0v) is 12.4. The quantitative estimate of drug-likeness (QED) is 0.885. The summed E-state index contributed by atoms with van der Waals surface area (Å²) in [4.78, 5) is 15.4. The lowest BCUT2D eigenvalue weighted by Crippen LogP contribution is -2.10. The molecule has 0 aliphatic rings. The number of ether oxygens (including phenoxy) is 1. The number of carbonyl (C=O) groups excluding carboxylic acids is 1. The van der Waals surface area contributed by atoms with Crippen LogP contribution >= 0.6 is 0 Å². The van der Waals surface area contributed by atoms with Crippen LogP contribution in [-0.2, 0) is 4.79 Å². The second kappa shape index (κ2) is 6.74. The second-order valence-electron chi connectivity index (χ2n) is 4.76. The van der Waals surface area contributed by atoms with Gasteiger partial charge in [-0.2, -0.15) is 0 Å². The molecule has 5 heteroatoms. The van der Waals surface area contributed by atoms with Gasteiger partial charge in [-0.15, -0.1) is 0 Å². The number of benzene rings is 1. The van der Waals surface area contributed by atoms with Crippen molar-refractivity contribution in [3.8, 4) is 5.75 Å². The Balaban J connectivity index is 2.08. The molecule has 1 heterocycles. The highest BCUT2D eigenvalue weighted by molar-refractivity contribution is 5.88. The number of amides is 1. The summed E-state index contributed by atoms with van der Waals surface area (Å²) in [6.07, 6.45) is 1.67. The monoisotopic (exact) mass is 285 g/mol. The van der Waals surface area contributed by atoms with Crippen LogP contribution in [0.15, 0.2) is 42.6 Å². The van der Waals surface area contributed by atoms with Crippen molar-refractivity contribution in [2.45, 2.75) is 19.9 Å². The molecule has 0 fully saturated rings. The number of carbonyl (C=O) groups is 1. The number of aromatic nitrogens is 1. The fourth-order valence-electron chi connectivity index (χ4n) is 1.98. The Morgan fingerprint density at radius 1 is 1.29 bits per heavy atom. The molecule has 1 aromatic carbocycles. The Morgan fingerprint density at radius 2 is 2.10 bits per heavy atom. The maximum atomic E-state index is 11.1. The Hall–Kier alpha value is -2.56. The molecule has 2 aromatic rings. The van der Waals surface area contributed by atoms with Gasteiger partial charge in [-0.05, 0) is 36.8 Å². The summed E-state index contributed by atoms with van der Waals surface area (Å²) in [6.45, 7) is 3.54. The van der Waals surface area contributed by atoms with E-state index in [9.17, 15) is 4.79 Å². The first kappa shape index (κ1) is 14.8. The minimum absolute atomic E-state index is 0.0691. The summed E-state index contributed by atoms with van der Waals surface area (Å²) in [5, 5.41) is 6.09. The number of anilines is 2. The summed E-state index contributed by atoms with van der Waals surface area (Å²) in [7, 11) is 1.61. The standard InChI is InChI=1S/C16H19N3O2/c1-11(18-16-8-7-15(21-3)10-17-16)13-5-4-6-14(9-13)19-12(2)20/h4-11H,1-3H3,(H,17,18)(H,19,20). The molecule has 2 rings (SSSR count). The molecular weight excluding hydrogens is 266 g/mol. The van der Waals surface area contributed by atoms with E-state index in [0.29, 0.717) is 0 Å². The number of nitrogens with zero attached hydrogens (tertiary/aromatic N) is 1. The molecule has 1 aromatic heterocycles. The molecule has 0 spiro atoms. The van der Waals surface area contributed by atoms with Gasteiger partial charge in [-0.1, -0.05) is 12.1 Å². The third kappa shape index (κ3) is 4.21. The van der Waals surface area contributed by atoms with Crippen molar-refractivity contribution in [1.82, 2.24) is 4.98 Å². The van der Waals surface area contributed by atoms with Crippen LogP contribution in [0.2, 0.25) is 0 Å². The van der Waals surface area contributed by atoms with Gasteiger partial charge in [0.25, 0.3) is 0 Å². The minimum Gasteiger partial charge on any atom is -0.495 e. The highest BCUT2D eigenvalue weighted by Gasteiger charge is 2.07. The van der Waals surface area contributed by atoms with Gasteiger partial charge in [-0.3, -0.25) is 4.79 Å². The van der Waals surface area contributed by atoms with Crippen molar-refractivity contribution in [3.05, 3.63) is 48.2 Å². The van der Waals surface area contributed by atoms with Crippen LogP contribution in [0.3, 0.4) is 0 Å². The van der Waals surface area contributed by atoms with E-state index in [1.807, 2.05) is 43.3 Å². The smallest absolute Gasteiger partial charge is 0.221 e. The van der Waals surface area contributed by atoms with Crippen LogP contribution in [0.25, 0.3) is 0 Å². The largest absolute Gasteiger partial charge is 0.495 e. The van der Waals surface area contributed by atoms with E-state index in [1.54, 1.807) is 13.3 Å². The zero-order chi connectivity index (χ0) is 15.2. The number of methoxy groups -OCH3 is 1. The lowest BCUT2D eigenvalue weighted by atomic mass is 10.1. The molecule has 0 saturated heterocycles. The van der Waals surface area contributed by atoms with Crippen LogP contribution in [0.5, 0.6) is 5.75 Å². The number of hydrogen-bond acceptors (Lipinski definition) is 4. The Bertz CT molecular complexity index is 611. The van der Waals surface area contributed by atoms with Crippen LogP contribution in [0.4, 0.5) is 11.5 Å². The molecule has 1 unspecified atom stereocenters. The average Bonchev–Trinajstić information content (AvgIpc) is 2.47. The van der Waals surface area contributed by atoms with Gasteiger partial charge in [0.15, 0.2) is 0 Å². The number of hydrogen-bond donors (Lipinski definition) is 2. The molecule has 1 atom stereocenters. The van der Waals surface area contributed by atoms with Crippen LogP contribution < -0.4 is 15.4 Å². The van der Waals surface area contributed by atoms with E-state index in [4.69, 9.17) is 4.74 Å². The maximum absolute atomic E-state index is 11.1. The van der Waals surface area contributed by atoms with E-state index in [-0.39, 0.29) is 11.9 Å². The molecule has 2 N–H and O–H groups in total. The molecule has 0 aliphatic carbocycles. The van der Waals surface area contributed by atoms with Crippen LogP contribution in [0, 0.1) is 0 Å². The van der Waals surface area contributed by atoms with Gasteiger partial charge in [0.2, 0.25) is 5.91 Å². The first-order valence-corrected chi connectivity index (χ1v) is 6.72. The molecular formula is C16H19N3O2. The molecule has 0 saturated carbocycles. The van der Waals surface area contributed by atoms with Gasteiger partial charge in [0, 0.05) is 12.6 Å². The SMILES string of the molecule is COc1ccc(NC(C)c2cccc(NC(C)=O)c2)nc1. The zero-order valence-electron chi connectivity index (χ0n) is 12.4. The topological polar surface area (TPSA) is 63.2 Å². The summed E-state index contributed by atoms with van der Waals surface area (Å²) < 4.78 is 5.08. The molecule has 21 heavy (non-hydrogen) atoms. The van der Waals surface area contributed by atoms with E-state index >= 15 is 0 Å². The summed E-state index contributed by atoms with van der Waals surface area (Å²) in [6, 6.07) is 11.5. The molecule has 0 aliphatic heterocycles. The summed E-state index contributed by atoms with van der Waals surface area (Å²) >= 11 is 0. The minimum atomic E-state index is -0.0791. The number of nitrogens with one attached hydrogen (secondary N) is 2. The van der Waals surface area contributed by atoms with Gasteiger partial charge >= 0.3 is 0 Å². The Labute approximate surface area is 124 Å². The average molecular weight is 285 g/mol. The first-order chi connectivity index (χ1) is 10.1. The third-order valence-electron chi connectivity index (χ3n) is 3.04. The molecule has 1 amide bonds. The van der Waals surface area contributed by atoms with E-state index in [1.165, 1.54) is 6.92 Å². The maximum Gasteiger partial charge on any atom is 0.221 e. The molecule has 110 valence electrons. The normalized spacial score (nSPS) is 11.6. The molecule has 5 nitrogen and oxygen atoms in total. The fraction of sp³-hybridized carbons (Fsp3) is 0.250. The number of pyridine rings is 1. The highest BCUT2D eigenvalue weighted by atomic mass is 16.5. The highest BCUT2D eigenvalue weighted by Crippen LogP contribution is 2.21. The predicted molar refractivity (Wildman–Crippen MR) is 83.6 cm³/mol. The summed E-state index contributed by atoms with van der Waals surface area (Å²) in [5.74, 6) is 1.42. The van der Waals surface area contributed by atoms with Crippen molar-refractivity contribution in [2.75, 3.05) is 17.7 Å². The van der Waals surface area contributed by atoms with E-state index in [0.717, 1.165) is 22.8 Å². The van der Waals surface area contributed by atoms with Crippen molar-refractivity contribution in [2.24, 2.45) is 0 Å². The molecule has 0 radical (unpaired) electrons. The fourth-order valence-corrected chi connectivity index (χ4v) is 1.98. The van der Waals surface area contributed by atoms with Crippen LogP contribution in [0.1, 0.15) is 25.5 Å². The first-order valence-electron chi connectivity index (χ1n) is 6.72. The second-order valence-corrected chi connectivity index (χ2v) is 4.76. The van der Waals surface area contributed by atoms with Crippen molar-refractivity contribution < 1.29 is 9.53 Å².